The maximum absolute atomic E-state index is 11.0. The number of carbonyl (C=O) groups is 1. The molecule has 0 spiro atoms. The van der Waals surface area contributed by atoms with Crippen LogP contribution >= 0.6 is 22.9 Å². The summed E-state index contributed by atoms with van der Waals surface area (Å²) in [5.74, 6) is -0.714. The van der Waals surface area contributed by atoms with E-state index in [9.17, 15) is 4.79 Å². The molecule has 0 aliphatic carbocycles. The Balaban J connectivity index is 2.21. The van der Waals surface area contributed by atoms with E-state index in [0.29, 0.717) is 0 Å². The van der Waals surface area contributed by atoms with Crippen LogP contribution in [-0.4, -0.2) is 29.6 Å². The molecule has 0 saturated heterocycles. The number of aliphatic carboxylic acids is 1. The van der Waals surface area contributed by atoms with Crippen LogP contribution in [-0.2, 0) is 11.3 Å². The minimum Gasteiger partial charge on any atom is -0.481 e. The highest BCUT2D eigenvalue weighted by Crippen LogP contribution is 2.24. The van der Waals surface area contributed by atoms with Crippen LogP contribution in [0.25, 0.3) is 0 Å². The molecule has 0 aliphatic rings. The van der Waals surface area contributed by atoms with E-state index in [1.807, 2.05) is 6.07 Å². The van der Waals surface area contributed by atoms with Crippen molar-refractivity contribution in [3.63, 3.8) is 0 Å². The Labute approximate surface area is 124 Å². The lowest BCUT2D eigenvalue weighted by Gasteiger charge is -2.20. The fraction of sp³-hybridized carbons (Fsp3) is 0.643. The van der Waals surface area contributed by atoms with E-state index in [1.165, 1.54) is 4.88 Å². The van der Waals surface area contributed by atoms with E-state index in [-0.39, 0.29) is 0 Å². The normalized spacial score (nSPS) is 12.1. The highest BCUT2D eigenvalue weighted by molar-refractivity contribution is 7.16. The molecule has 108 valence electrons. The van der Waals surface area contributed by atoms with Crippen LogP contribution in [0.2, 0.25) is 4.34 Å². The molecular weight excluding hydrogens is 282 g/mol. The average molecular weight is 304 g/mol. The first-order valence-corrected chi connectivity index (χ1v) is 7.67. The molecule has 0 saturated carbocycles. The lowest BCUT2D eigenvalue weighted by molar-refractivity contribution is -0.147. The van der Waals surface area contributed by atoms with Crippen LogP contribution in [0.3, 0.4) is 0 Å². The Morgan fingerprint density at radius 1 is 1.42 bits per heavy atom. The van der Waals surface area contributed by atoms with Crippen molar-refractivity contribution >= 4 is 28.9 Å². The number of nitrogens with zero attached hydrogens (tertiary/aromatic N) is 1. The molecule has 1 rings (SSSR count). The first kappa shape index (κ1) is 16.5. The van der Waals surface area contributed by atoms with Gasteiger partial charge in [-0.1, -0.05) is 18.0 Å². The zero-order valence-corrected chi connectivity index (χ0v) is 13.4. The van der Waals surface area contributed by atoms with E-state index in [2.05, 4.69) is 18.0 Å². The zero-order chi connectivity index (χ0) is 14.5. The lowest BCUT2D eigenvalue weighted by Crippen LogP contribution is -2.24. The summed E-state index contributed by atoms with van der Waals surface area (Å²) in [7, 11) is 2.08. The van der Waals surface area contributed by atoms with Crippen molar-refractivity contribution in [2.45, 2.75) is 39.7 Å². The van der Waals surface area contributed by atoms with Crippen molar-refractivity contribution in [1.82, 2.24) is 4.90 Å². The molecule has 0 atom stereocenters. The van der Waals surface area contributed by atoms with Crippen LogP contribution in [0.15, 0.2) is 12.1 Å². The molecule has 5 heteroatoms. The molecule has 1 aromatic heterocycles. The monoisotopic (exact) mass is 303 g/mol. The molecular formula is C14H22ClNO2S. The smallest absolute Gasteiger partial charge is 0.309 e. The highest BCUT2D eigenvalue weighted by atomic mass is 35.5. The Hall–Kier alpha value is -0.580. The van der Waals surface area contributed by atoms with Gasteiger partial charge in [-0.05, 0) is 52.4 Å². The fourth-order valence-corrected chi connectivity index (χ4v) is 3.01. The first-order valence-electron chi connectivity index (χ1n) is 6.47. The van der Waals surface area contributed by atoms with Gasteiger partial charge in [-0.15, -0.1) is 11.3 Å². The number of rotatable bonds is 8. The SMILES string of the molecule is CN(CCCCC(C)(C)C(=O)O)Cc1ccc(Cl)s1. The third kappa shape index (κ3) is 5.93. The Morgan fingerprint density at radius 3 is 2.63 bits per heavy atom. The summed E-state index contributed by atoms with van der Waals surface area (Å²) in [4.78, 5) is 14.5. The van der Waals surface area contributed by atoms with E-state index in [1.54, 1.807) is 25.2 Å². The Kier molecular flexibility index (Phi) is 6.30. The van der Waals surface area contributed by atoms with Gasteiger partial charge in [0.25, 0.3) is 0 Å². The second-order valence-electron chi connectivity index (χ2n) is 5.59. The van der Waals surface area contributed by atoms with Crippen LogP contribution in [0, 0.1) is 5.41 Å². The number of carboxylic acid groups (broad SMARTS) is 1. The predicted molar refractivity (Wildman–Crippen MR) is 80.9 cm³/mol. The summed E-state index contributed by atoms with van der Waals surface area (Å²) >= 11 is 7.50. The Morgan fingerprint density at radius 2 is 2.11 bits per heavy atom. The van der Waals surface area contributed by atoms with Crippen molar-refractivity contribution in [2.24, 2.45) is 5.41 Å². The zero-order valence-electron chi connectivity index (χ0n) is 11.8. The molecule has 0 fully saturated rings. The summed E-state index contributed by atoms with van der Waals surface area (Å²) in [5, 5.41) is 9.03. The molecule has 1 aromatic rings. The van der Waals surface area contributed by atoms with Crippen molar-refractivity contribution in [2.75, 3.05) is 13.6 Å². The van der Waals surface area contributed by atoms with Crippen LogP contribution in [0.1, 0.15) is 38.0 Å². The van der Waals surface area contributed by atoms with Crippen molar-refractivity contribution in [3.05, 3.63) is 21.3 Å². The van der Waals surface area contributed by atoms with E-state index < -0.39 is 11.4 Å². The van der Waals surface area contributed by atoms with Crippen LogP contribution in [0.5, 0.6) is 0 Å². The van der Waals surface area contributed by atoms with E-state index in [0.717, 1.165) is 36.7 Å². The minimum absolute atomic E-state index is 0.611. The van der Waals surface area contributed by atoms with Gasteiger partial charge >= 0.3 is 5.97 Å². The maximum atomic E-state index is 11.0. The number of hydrogen-bond donors (Lipinski definition) is 1. The number of halogens is 1. The summed E-state index contributed by atoms with van der Waals surface area (Å²) in [6.45, 7) is 5.45. The van der Waals surface area contributed by atoms with Gasteiger partial charge in [0.2, 0.25) is 0 Å². The number of hydrogen-bond acceptors (Lipinski definition) is 3. The van der Waals surface area contributed by atoms with E-state index in [4.69, 9.17) is 16.7 Å². The van der Waals surface area contributed by atoms with Gasteiger partial charge in [0.15, 0.2) is 0 Å². The Bertz CT molecular complexity index is 417. The maximum Gasteiger partial charge on any atom is 0.309 e. The molecule has 1 N–H and O–H groups in total. The van der Waals surface area contributed by atoms with Gasteiger partial charge in [-0.2, -0.15) is 0 Å². The standard InChI is InChI=1S/C14H22ClNO2S/c1-14(2,13(17)18)8-4-5-9-16(3)10-11-6-7-12(15)19-11/h6-7H,4-5,8-10H2,1-3H3,(H,17,18). The summed E-state index contributed by atoms with van der Waals surface area (Å²) < 4.78 is 0.826. The summed E-state index contributed by atoms with van der Waals surface area (Å²) in [6.07, 6.45) is 2.68. The second kappa shape index (κ2) is 7.27. The molecule has 0 aromatic carbocycles. The molecule has 19 heavy (non-hydrogen) atoms. The highest BCUT2D eigenvalue weighted by Gasteiger charge is 2.25. The molecule has 0 amide bonds. The summed E-state index contributed by atoms with van der Waals surface area (Å²) in [6, 6.07) is 3.97. The van der Waals surface area contributed by atoms with Gasteiger partial charge in [-0.3, -0.25) is 4.79 Å². The van der Waals surface area contributed by atoms with Gasteiger partial charge in [0.05, 0.1) is 9.75 Å². The second-order valence-corrected chi connectivity index (χ2v) is 7.39. The molecule has 0 aliphatic heterocycles. The number of carboxylic acids is 1. The number of unbranched alkanes of at least 4 members (excludes halogenated alkanes) is 1. The van der Waals surface area contributed by atoms with Gasteiger partial charge in [-0.25, -0.2) is 0 Å². The molecule has 1 heterocycles. The van der Waals surface area contributed by atoms with Gasteiger partial charge in [0, 0.05) is 11.4 Å². The molecule has 3 nitrogen and oxygen atoms in total. The van der Waals surface area contributed by atoms with Crippen molar-refractivity contribution < 1.29 is 9.90 Å². The minimum atomic E-state index is -0.714. The van der Waals surface area contributed by atoms with Crippen LogP contribution < -0.4 is 0 Å². The quantitative estimate of drug-likeness (QED) is 0.735. The van der Waals surface area contributed by atoms with Gasteiger partial charge < -0.3 is 10.0 Å². The molecule has 0 bridgehead atoms. The topological polar surface area (TPSA) is 40.5 Å². The lowest BCUT2D eigenvalue weighted by atomic mass is 9.87. The average Bonchev–Trinajstić information content (AvgIpc) is 2.70. The van der Waals surface area contributed by atoms with Gasteiger partial charge in [0.1, 0.15) is 0 Å². The van der Waals surface area contributed by atoms with E-state index >= 15 is 0 Å². The van der Waals surface area contributed by atoms with Crippen molar-refractivity contribution in [1.29, 1.82) is 0 Å². The van der Waals surface area contributed by atoms with Crippen molar-refractivity contribution in [3.8, 4) is 0 Å². The third-order valence-corrected chi connectivity index (χ3v) is 4.44. The predicted octanol–water partition coefficient (Wildman–Crippen LogP) is 4.11. The molecule has 0 unspecified atom stereocenters. The van der Waals surface area contributed by atoms with Crippen LogP contribution in [0.4, 0.5) is 0 Å². The fourth-order valence-electron chi connectivity index (χ4n) is 1.84. The largest absolute Gasteiger partial charge is 0.481 e. The number of thiophene rings is 1. The molecule has 0 radical (unpaired) electrons. The third-order valence-electron chi connectivity index (χ3n) is 3.23. The first-order chi connectivity index (χ1) is 8.81. The summed E-state index contributed by atoms with van der Waals surface area (Å²) in [5.41, 5.74) is -0.611.